The molecular weight excluding hydrogens is 226 g/mol. The van der Waals surface area contributed by atoms with Crippen LogP contribution in [0.1, 0.15) is 9.78 Å². The third kappa shape index (κ3) is 7.29. The zero-order chi connectivity index (χ0) is 9.99. The van der Waals surface area contributed by atoms with Crippen molar-refractivity contribution in [2.24, 2.45) is 0 Å². The molecule has 0 amide bonds. The maximum atomic E-state index is 10.3. The molecule has 0 heterocycles. The van der Waals surface area contributed by atoms with Crippen molar-refractivity contribution in [3.8, 4) is 0 Å². The van der Waals surface area contributed by atoms with Crippen LogP contribution in [0.25, 0.3) is 0 Å². The summed E-state index contributed by atoms with van der Waals surface area (Å²) in [4.78, 5) is 0. The molecule has 0 aliphatic heterocycles. The molecule has 0 aliphatic rings. The molecule has 0 saturated carbocycles. The number of hydrogen-bond acceptors (Lipinski definition) is 5. The van der Waals surface area contributed by atoms with Crippen molar-refractivity contribution >= 4 is 20.2 Å². The average molecular weight is 236 g/mol. The Bertz CT molecular complexity index is 309. The quantitative estimate of drug-likeness (QED) is 0.368. The van der Waals surface area contributed by atoms with Crippen molar-refractivity contribution in [3.05, 3.63) is 0 Å². The minimum Gasteiger partial charge on any atom is -1.00 e. The standard InChI is InChI=1S/C3H8O7S2.2Li.2H/c1-2-10-3(11(4,5)6)12(7,8)9;;;;/h3H,2H2,1H3,(H,4,5,6)(H,7,8,9);;;;/q;2*+1;2*-1. The second-order valence-electron chi connectivity index (χ2n) is 1.77. The van der Waals surface area contributed by atoms with Crippen LogP contribution in [0.4, 0.5) is 0 Å². The molecule has 7 nitrogen and oxygen atoms in total. The van der Waals surface area contributed by atoms with E-state index in [4.69, 9.17) is 9.11 Å². The van der Waals surface area contributed by atoms with Crippen molar-refractivity contribution in [1.82, 2.24) is 0 Å². The van der Waals surface area contributed by atoms with Crippen LogP contribution in [0.3, 0.4) is 0 Å². The molecule has 78 valence electrons. The second-order valence-corrected chi connectivity index (χ2v) is 4.99. The summed E-state index contributed by atoms with van der Waals surface area (Å²) < 4.78 is 59.0. The fourth-order valence-electron chi connectivity index (χ4n) is 0.462. The van der Waals surface area contributed by atoms with Gasteiger partial charge in [-0.05, 0) is 6.92 Å². The van der Waals surface area contributed by atoms with Gasteiger partial charge in [0.1, 0.15) is 0 Å². The van der Waals surface area contributed by atoms with Gasteiger partial charge in [0, 0.05) is 6.61 Å². The fraction of sp³-hybridized carbons (Fsp3) is 1.00. The zero-order valence-corrected chi connectivity index (χ0v) is 9.67. The smallest absolute Gasteiger partial charge is 1.00 e. The maximum absolute atomic E-state index is 10.3. The largest absolute Gasteiger partial charge is 1.00 e. The Morgan fingerprint density at radius 1 is 1.14 bits per heavy atom. The molecule has 0 aromatic heterocycles. The van der Waals surface area contributed by atoms with Crippen molar-refractivity contribution in [2.45, 2.75) is 11.7 Å². The Kier molecular flexibility index (Phi) is 10.6. The summed E-state index contributed by atoms with van der Waals surface area (Å²) in [5.74, 6) is 0. The molecule has 0 unspecified atom stereocenters. The first-order valence-electron chi connectivity index (χ1n) is 2.73. The van der Waals surface area contributed by atoms with E-state index in [1.54, 1.807) is 0 Å². The molecule has 0 radical (unpaired) electrons. The molecule has 2 N–H and O–H groups in total. The van der Waals surface area contributed by atoms with Crippen molar-refractivity contribution in [3.63, 3.8) is 0 Å². The van der Waals surface area contributed by atoms with Crippen LogP contribution in [0, 0.1) is 0 Å². The topological polar surface area (TPSA) is 118 Å². The maximum Gasteiger partial charge on any atom is 1.00 e. The molecule has 0 fully saturated rings. The molecular formula is C3H10Li2O7S2. The van der Waals surface area contributed by atoms with Crippen LogP contribution in [-0.4, -0.2) is 37.3 Å². The monoisotopic (exact) mass is 236 g/mol. The van der Waals surface area contributed by atoms with Crippen molar-refractivity contribution in [2.75, 3.05) is 6.61 Å². The summed E-state index contributed by atoms with van der Waals surface area (Å²) in [7, 11) is -9.89. The molecule has 0 aromatic rings. The van der Waals surface area contributed by atoms with Gasteiger partial charge in [-0.1, -0.05) is 0 Å². The summed E-state index contributed by atoms with van der Waals surface area (Å²) >= 11 is 0. The summed E-state index contributed by atoms with van der Waals surface area (Å²) in [6.45, 7) is 1.04. The third-order valence-corrected chi connectivity index (χ3v) is 3.49. The normalized spacial score (nSPS) is 11.7. The summed E-state index contributed by atoms with van der Waals surface area (Å²) in [6, 6.07) is 0. The Balaban J connectivity index is -0.000000101. The van der Waals surface area contributed by atoms with Gasteiger partial charge in [-0.2, -0.15) is 16.8 Å². The third-order valence-electron chi connectivity index (χ3n) is 0.789. The Labute approximate surface area is 109 Å². The van der Waals surface area contributed by atoms with Gasteiger partial charge in [0.15, 0.2) is 0 Å². The van der Waals surface area contributed by atoms with Gasteiger partial charge in [-0.15, -0.1) is 0 Å². The molecule has 0 atom stereocenters. The summed E-state index contributed by atoms with van der Waals surface area (Å²) in [5.41, 5.74) is 0. The van der Waals surface area contributed by atoms with E-state index < -0.39 is 25.0 Å². The zero-order valence-electron chi connectivity index (χ0n) is 10.0. The minimum atomic E-state index is -4.94. The van der Waals surface area contributed by atoms with Crippen LogP contribution < -0.4 is 37.7 Å². The van der Waals surface area contributed by atoms with E-state index in [2.05, 4.69) is 4.74 Å². The molecule has 11 heteroatoms. The number of ether oxygens (including phenoxy) is 1. The van der Waals surface area contributed by atoms with Gasteiger partial charge in [0.05, 0.1) is 0 Å². The van der Waals surface area contributed by atoms with Crippen LogP contribution >= 0.6 is 0 Å². The first kappa shape index (κ1) is 20.4. The molecule has 0 spiro atoms. The van der Waals surface area contributed by atoms with Crippen LogP contribution in [-0.2, 0) is 25.0 Å². The second kappa shape index (κ2) is 7.28. The van der Waals surface area contributed by atoms with E-state index in [0.29, 0.717) is 0 Å². The van der Waals surface area contributed by atoms with E-state index in [1.807, 2.05) is 0 Å². The predicted molar refractivity (Wildman–Crippen MR) is 40.7 cm³/mol. The number of rotatable bonds is 4. The Morgan fingerprint density at radius 3 is 1.50 bits per heavy atom. The molecule has 0 saturated heterocycles. The van der Waals surface area contributed by atoms with Gasteiger partial charge in [0.25, 0.3) is 0 Å². The van der Waals surface area contributed by atoms with E-state index in [0.717, 1.165) is 0 Å². The van der Waals surface area contributed by atoms with Crippen LogP contribution in [0.5, 0.6) is 0 Å². The van der Waals surface area contributed by atoms with E-state index in [9.17, 15) is 16.8 Å². The average Bonchev–Trinajstić information content (AvgIpc) is 1.77. The van der Waals surface area contributed by atoms with E-state index in [1.165, 1.54) is 6.92 Å². The molecule has 0 aromatic carbocycles. The predicted octanol–water partition coefficient (Wildman–Crippen LogP) is -6.68. The van der Waals surface area contributed by atoms with E-state index in [-0.39, 0.29) is 47.2 Å². The molecule has 0 aliphatic carbocycles. The Hall–Kier alpha value is 0.975. The SMILES string of the molecule is CCOC(S(=O)(=O)O)S(=O)(=O)O.[H-].[H-].[Li+].[Li+]. The summed E-state index contributed by atoms with van der Waals surface area (Å²) in [5, 5.41) is 0. The van der Waals surface area contributed by atoms with Crippen LogP contribution in [0.15, 0.2) is 0 Å². The summed E-state index contributed by atoms with van der Waals surface area (Å²) in [6.07, 6.45) is 0. The van der Waals surface area contributed by atoms with Crippen molar-refractivity contribution in [1.29, 1.82) is 0 Å². The first-order valence-corrected chi connectivity index (χ1v) is 5.74. The van der Waals surface area contributed by atoms with Crippen molar-refractivity contribution < 1.29 is 71.3 Å². The number of hydrogen-bond donors (Lipinski definition) is 2. The fourth-order valence-corrected chi connectivity index (χ4v) is 2.31. The Morgan fingerprint density at radius 2 is 1.43 bits per heavy atom. The molecule has 14 heavy (non-hydrogen) atoms. The molecule has 0 rings (SSSR count). The molecule has 0 bridgehead atoms. The van der Waals surface area contributed by atoms with Gasteiger partial charge >= 0.3 is 62.7 Å². The van der Waals surface area contributed by atoms with Gasteiger partial charge in [-0.3, -0.25) is 9.11 Å². The first-order chi connectivity index (χ1) is 5.19. The van der Waals surface area contributed by atoms with Crippen LogP contribution in [0.2, 0.25) is 0 Å². The minimum absolute atomic E-state index is 0. The van der Waals surface area contributed by atoms with Gasteiger partial charge in [-0.25, -0.2) is 0 Å². The van der Waals surface area contributed by atoms with E-state index >= 15 is 0 Å². The van der Waals surface area contributed by atoms with Gasteiger partial charge < -0.3 is 7.59 Å². The van der Waals surface area contributed by atoms with Gasteiger partial charge in [0.2, 0.25) is 0 Å².